The van der Waals surface area contributed by atoms with Gasteiger partial charge in [-0.1, -0.05) is 37.6 Å². The van der Waals surface area contributed by atoms with Gasteiger partial charge in [-0.05, 0) is 24.1 Å². The lowest BCUT2D eigenvalue weighted by Crippen LogP contribution is -2.13. The molecular weight excluding hydrogens is 202 g/mol. The minimum absolute atomic E-state index is 0.833. The maximum atomic E-state index is 6.03. The molecule has 0 fully saturated rings. The van der Waals surface area contributed by atoms with Crippen LogP contribution < -0.4 is 0 Å². The molecule has 0 heterocycles. The predicted octanol–water partition coefficient (Wildman–Crippen LogP) is 3.69. The quantitative estimate of drug-likeness (QED) is 0.705. The third-order valence-electron chi connectivity index (χ3n) is 1.77. The van der Waals surface area contributed by atoms with Crippen molar-refractivity contribution in [2.75, 3.05) is 13.1 Å². The van der Waals surface area contributed by atoms with Crippen molar-refractivity contribution >= 4 is 23.5 Å². The zero-order chi connectivity index (χ0) is 9.68. The molecular formula is C10H14ClNS. The number of nitrogens with zero attached hydrogens (tertiary/aromatic N) is 1. The van der Waals surface area contributed by atoms with Crippen LogP contribution in [0.15, 0.2) is 29.2 Å². The molecule has 0 spiro atoms. The molecule has 0 atom stereocenters. The molecule has 1 aromatic carbocycles. The van der Waals surface area contributed by atoms with Crippen molar-refractivity contribution in [3.63, 3.8) is 0 Å². The Labute approximate surface area is 89.2 Å². The van der Waals surface area contributed by atoms with Gasteiger partial charge in [-0.25, -0.2) is 4.31 Å². The highest BCUT2D eigenvalue weighted by Crippen LogP contribution is 2.28. The van der Waals surface area contributed by atoms with Gasteiger partial charge >= 0.3 is 0 Å². The lowest BCUT2D eigenvalue weighted by Gasteiger charge is -2.16. The summed E-state index contributed by atoms with van der Waals surface area (Å²) in [6.45, 7) is 6.36. The fraction of sp³-hybridized carbons (Fsp3) is 0.400. The van der Waals surface area contributed by atoms with Gasteiger partial charge in [0.25, 0.3) is 0 Å². The second-order valence-electron chi connectivity index (χ2n) is 2.64. The Balaban J connectivity index is 2.67. The first-order valence-corrected chi connectivity index (χ1v) is 5.60. The summed E-state index contributed by atoms with van der Waals surface area (Å²) in [5.41, 5.74) is 0. The van der Waals surface area contributed by atoms with E-state index in [1.807, 2.05) is 24.3 Å². The third-order valence-corrected chi connectivity index (χ3v) is 3.54. The predicted molar refractivity (Wildman–Crippen MR) is 60.2 cm³/mol. The van der Waals surface area contributed by atoms with Crippen LogP contribution in [0.2, 0.25) is 5.02 Å². The van der Waals surface area contributed by atoms with E-state index in [-0.39, 0.29) is 0 Å². The molecule has 0 saturated carbocycles. The van der Waals surface area contributed by atoms with E-state index in [1.54, 1.807) is 11.9 Å². The smallest absolute Gasteiger partial charge is 0.0555 e. The number of benzene rings is 1. The first kappa shape index (κ1) is 10.9. The van der Waals surface area contributed by atoms with Crippen molar-refractivity contribution in [2.24, 2.45) is 0 Å². The normalized spacial score (nSPS) is 10.8. The average Bonchev–Trinajstić information content (AvgIpc) is 2.17. The van der Waals surface area contributed by atoms with Crippen LogP contribution in [0.1, 0.15) is 13.8 Å². The zero-order valence-electron chi connectivity index (χ0n) is 7.96. The Morgan fingerprint density at radius 1 is 1.23 bits per heavy atom. The highest BCUT2D eigenvalue weighted by molar-refractivity contribution is 7.97. The molecule has 0 unspecified atom stereocenters. The van der Waals surface area contributed by atoms with Crippen LogP contribution in [0.4, 0.5) is 0 Å². The summed E-state index contributed by atoms with van der Waals surface area (Å²) < 4.78 is 2.27. The summed E-state index contributed by atoms with van der Waals surface area (Å²) in [4.78, 5) is 1.13. The second-order valence-corrected chi connectivity index (χ2v) is 4.18. The zero-order valence-corrected chi connectivity index (χ0v) is 9.53. The van der Waals surface area contributed by atoms with Gasteiger partial charge in [0.05, 0.1) is 5.02 Å². The Morgan fingerprint density at radius 2 is 1.85 bits per heavy atom. The molecule has 0 saturated heterocycles. The van der Waals surface area contributed by atoms with E-state index in [2.05, 4.69) is 18.2 Å². The van der Waals surface area contributed by atoms with Crippen molar-refractivity contribution in [3.8, 4) is 0 Å². The lowest BCUT2D eigenvalue weighted by atomic mass is 10.4. The summed E-state index contributed by atoms with van der Waals surface area (Å²) in [5.74, 6) is 0. The summed E-state index contributed by atoms with van der Waals surface area (Å²) in [7, 11) is 0. The highest BCUT2D eigenvalue weighted by atomic mass is 35.5. The molecule has 72 valence electrons. The molecule has 1 aromatic rings. The summed E-state index contributed by atoms with van der Waals surface area (Å²) >= 11 is 7.75. The SMILES string of the molecule is CCN(CC)Sc1ccccc1Cl. The molecule has 1 nitrogen and oxygen atoms in total. The first-order valence-electron chi connectivity index (χ1n) is 4.45. The van der Waals surface area contributed by atoms with Crippen LogP contribution >= 0.6 is 23.5 Å². The molecule has 1 rings (SSSR count). The third kappa shape index (κ3) is 3.22. The molecule has 0 bridgehead atoms. The fourth-order valence-electron chi connectivity index (χ4n) is 1.01. The Hall–Kier alpha value is -0.180. The van der Waals surface area contributed by atoms with Gasteiger partial charge in [0.1, 0.15) is 0 Å². The highest BCUT2D eigenvalue weighted by Gasteiger charge is 2.04. The number of hydrogen-bond acceptors (Lipinski definition) is 2. The summed E-state index contributed by atoms with van der Waals surface area (Å²) in [6.07, 6.45) is 0. The van der Waals surface area contributed by atoms with E-state index in [0.29, 0.717) is 0 Å². The lowest BCUT2D eigenvalue weighted by molar-refractivity contribution is 0.525. The van der Waals surface area contributed by atoms with E-state index < -0.39 is 0 Å². The van der Waals surface area contributed by atoms with Gasteiger partial charge in [0.15, 0.2) is 0 Å². The largest absolute Gasteiger partial charge is 0.247 e. The van der Waals surface area contributed by atoms with Gasteiger partial charge in [-0.3, -0.25) is 0 Å². The van der Waals surface area contributed by atoms with Crippen molar-refractivity contribution < 1.29 is 0 Å². The van der Waals surface area contributed by atoms with Crippen molar-refractivity contribution in [1.29, 1.82) is 0 Å². The average molecular weight is 216 g/mol. The number of rotatable bonds is 4. The fourth-order valence-corrected chi connectivity index (χ4v) is 2.08. The van der Waals surface area contributed by atoms with Crippen molar-refractivity contribution in [1.82, 2.24) is 4.31 Å². The van der Waals surface area contributed by atoms with Gasteiger partial charge < -0.3 is 0 Å². The maximum absolute atomic E-state index is 6.03. The van der Waals surface area contributed by atoms with Crippen LogP contribution in [-0.4, -0.2) is 17.4 Å². The molecule has 0 amide bonds. The molecule has 0 aliphatic rings. The molecule has 0 radical (unpaired) electrons. The van der Waals surface area contributed by atoms with Gasteiger partial charge in [-0.2, -0.15) is 0 Å². The van der Waals surface area contributed by atoms with Crippen molar-refractivity contribution in [2.45, 2.75) is 18.7 Å². The molecule has 3 heteroatoms. The Morgan fingerprint density at radius 3 is 2.38 bits per heavy atom. The van der Waals surface area contributed by atoms with Crippen LogP contribution in [0.5, 0.6) is 0 Å². The number of halogens is 1. The van der Waals surface area contributed by atoms with Crippen LogP contribution in [0.3, 0.4) is 0 Å². The molecule has 0 aromatic heterocycles. The minimum Gasteiger partial charge on any atom is -0.247 e. The van der Waals surface area contributed by atoms with Gasteiger partial charge in [0.2, 0.25) is 0 Å². The molecule has 0 aliphatic carbocycles. The van der Waals surface area contributed by atoms with Gasteiger partial charge in [-0.15, -0.1) is 0 Å². The van der Waals surface area contributed by atoms with Crippen LogP contribution in [0.25, 0.3) is 0 Å². The van der Waals surface area contributed by atoms with E-state index in [9.17, 15) is 0 Å². The summed E-state index contributed by atoms with van der Waals surface area (Å²) in [6, 6.07) is 7.94. The standard InChI is InChI=1S/C10H14ClNS/c1-3-12(4-2)13-10-8-6-5-7-9(10)11/h5-8H,3-4H2,1-2H3. The Bertz CT molecular complexity index is 261. The van der Waals surface area contributed by atoms with E-state index in [1.165, 1.54) is 0 Å². The van der Waals surface area contributed by atoms with Crippen LogP contribution in [-0.2, 0) is 0 Å². The van der Waals surface area contributed by atoms with E-state index >= 15 is 0 Å². The summed E-state index contributed by atoms with van der Waals surface area (Å²) in [5, 5.41) is 0.833. The van der Waals surface area contributed by atoms with Crippen LogP contribution in [0, 0.1) is 0 Å². The van der Waals surface area contributed by atoms with E-state index in [0.717, 1.165) is 23.0 Å². The van der Waals surface area contributed by atoms with Crippen molar-refractivity contribution in [3.05, 3.63) is 29.3 Å². The second kappa shape index (κ2) is 5.53. The van der Waals surface area contributed by atoms with Gasteiger partial charge in [0, 0.05) is 18.0 Å². The first-order chi connectivity index (χ1) is 6.27. The monoisotopic (exact) mass is 215 g/mol. The maximum Gasteiger partial charge on any atom is 0.0555 e. The number of hydrogen-bond donors (Lipinski definition) is 0. The topological polar surface area (TPSA) is 3.24 Å². The van der Waals surface area contributed by atoms with E-state index in [4.69, 9.17) is 11.6 Å². The minimum atomic E-state index is 0.833. The molecule has 0 N–H and O–H groups in total. The molecule has 13 heavy (non-hydrogen) atoms. The molecule has 0 aliphatic heterocycles. The Kier molecular flexibility index (Phi) is 4.64.